The van der Waals surface area contributed by atoms with Gasteiger partial charge in [0.25, 0.3) is 0 Å². The van der Waals surface area contributed by atoms with Gasteiger partial charge in [0.2, 0.25) is 0 Å². The molecule has 0 bridgehead atoms. The van der Waals surface area contributed by atoms with Crippen molar-refractivity contribution in [1.82, 2.24) is 0 Å². The van der Waals surface area contributed by atoms with Gasteiger partial charge in [0, 0.05) is 12.3 Å². The van der Waals surface area contributed by atoms with Gasteiger partial charge in [-0.3, -0.25) is 4.79 Å². The van der Waals surface area contributed by atoms with E-state index in [1.807, 2.05) is 0 Å². The lowest BCUT2D eigenvalue weighted by Crippen LogP contribution is -2.15. The number of unbranched alkanes of at least 4 members (excludes halogenated alkanes) is 2. The van der Waals surface area contributed by atoms with Crippen molar-refractivity contribution in [2.75, 3.05) is 91.8 Å². The third kappa shape index (κ3) is 25.5. The van der Waals surface area contributed by atoms with Crippen LogP contribution in [-0.2, 0) is 38.0 Å². The highest BCUT2D eigenvalue weighted by Crippen LogP contribution is 2.00. The van der Waals surface area contributed by atoms with Gasteiger partial charge in [-0.1, -0.05) is 19.8 Å². The van der Waals surface area contributed by atoms with Gasteiger partial charge in [0.15, 0.2) is 0 Å². The van der Waals surface area contributed by atoms with Gasteiger partial charge >= 0.3 is 5.97 Å². The summed E-state index contributed by atoms with van der Waals surface area (Å²) in [4.78, 5) is 11.4. The van der Waals surface area contributed by atoms with Crippen LogP contribution in [0.3, 0.4) is 0 Å². The molecule has 0 aliphatic rings. The summed E-state index contributed by atoms with van der Waals surface area (Å²) in [5.74, 6) is 0.347. The van der Waals surface area contributed by atoms with Crippen molar-refractivity contribution in [2.45, 2.75) is 32.6 Å². The van der Waals surface area contributed by atoms with Gasteiger partial charge in [0.05, 0.1) is 79.3 Å². The number of alkyl halides is 1. The molecule has 0 saturated heterocycles. The summed E-state index contributed by atoms with van der Waals surface area (Å²) < 4.78 is 37.1. The topological polar surface area (TPSA) is 81.7 Å². The molecule has 0 saturated carbocycles. The minimum atomic E-state index is -0.153. The number of ether oxygens (including phenoxy) is 7. The van der Waals surface area contributed by atoms with Crippen molar-refractivity contribution in [2.24, 2.45) is 0 Å². The average molecular weight is 443 g/mol. The summed E-state index contributed by atoms with van der Waals surface area (Å²) in [5, 5.41) is 0. The molecule has 0 spiro atoms. The Morgan fingerprint density at radius 1 is 0.586 bits per heavy atom. The highest BCUT2D eigenvalue weighted by Gasteiger charge is 2.01. The van der Waals surface area contributed by atoms with Crippen LogP contribution in [0.4, 0.5) is 0 Å². The molecule has 0 rings (SSSR count). The monoisotopic (exact) mass is 442 g/mol. The third-order valence-corrected chi connectivity index (χ3v) is 3.71. The number of carbonyl (C=O) groups is 1. The maximum atomic E-state index is 11.4. The maximum absolute atomic E-state index is 11.4. The molecular weight excluding hydrogens is 404 g/mol. The van der Waals surface area contributed by atoms with E-state index >= 15 is 0 Å². The molecular formula is C20H39ClO8. The molecule has 29 heavy (non-hydrogen) atoms. The van der Waals surface area contributed by atoms with Crippen molar-refractivity contribution in [3.05, 3.63) is 0 Å². The lowest BCUT2D eigenvalue weighted by molar-refractivity contribution is -0.145. The molecule has 0 heterocycles. The van der Waals surface area contributed by atoms with E-state index in [0.29, 0.717) is 98.2 Å². The normalized spacial score (nSPS) is 11.1. The zero-order valence-electron chi connectivity index (χ0n) is 17.9. The molecule has 0 aromatic heterocycles. The highest BCUT2D eigenvalue weighted by molar-refractivity contribution is 6.17. The van der Waals surface area contributed by atoms with Crippen LogP contribution >= 0.6 is 11.6 Å². The molecule has 0 aromatic carbocycles. The van der Waals surface area contributed by atoms with Crippen LogP contribution < -0.4 is 0 Å². The number of hydrogen-bond donors (Lipinski definition) is 0. The van der Waals surface area contributed by atoms with Crippen molar-refractivity contribution < 1.29 is 38.0 Å². The molecule has 0 unspecified atom stereocenters. The Morgan fingerprint density at radius 2 is 0.966 bits per heavy atom. The van der Waals surface area contributed by atoms with Crippen molar-refractivity contribution in [3.63, 3.8) is 0 Å². The molecule has 0 aliphatic heterocycles. The van der Waals surface area contributed by atoms with E-state index in [1.165, 1.54) is 0 Å². The fourth-order valence-corrected chi connectivity index (χ4v) is 2.17. The Bertz CT molecular complexity index is 334. The lowest BCUT2D eigenvalue weighted by atomic mass is 10.2. The summed E-state index contributed by atoms with van der Waals surface area (Å²) in [6.07, 6.45) is 3.53. The first kappa shape index (κ1) is 28.5. The van der Waals surface area contributed by atoms with Gasteiger partial charge in [0.1, 0.15) is 6.61 Å². The van der Waals surface area contributed by atoms with E-state index in [-0.39, 0.29) is 5.97 Å². The van der Waals surface area contributed by atoms with Gasteiger partial charge in [-0.25, -0.2) is 0 Å². The Hall–Kier alpha value is -0.480. The summed E-state index contributed by atoms with van der Waals surface area (Å²) in [6, 6.07) is 0. The fraction of sp³-hybridized carbons (Fsp3) is 0.950. The first-order valence-corrected chi connectivity index (χ1v) is 11.0. The van der Waals surface area contributed by atoms with Gasteiger partial charge < -0.3 is 33.2 Å². The summed E-state index contributed by atoms with van der Waals surface area (Å²) in [5.41, 5.74) is 0. The van der Waals surface area contributed by atoms with Gasteiger partial charge in [-0.05, 0) is 6.42 Å². The second-order valence-corrected chi connectivity index (χ2v) is 6.42. The summed E-state index contributed by atoms with van der Waals surface area (Å²) in [7, 11) is 0. The van der Waals surface area contributed by atoms with Crippen LogP contribution in [-0.4, -0.2) is 97.7 Å². The first-order chi connectivity index (χ1) is 14.3. The van der Waals surface area contributed by atoms with Crippen molar-refractivity contribution >= 4 is 17.6 Å². The van der Waals surface area contributed by atoms with Crippen molar-refractivity contribution in [3.8, 4) is 0 Å². The molecule has 174 valence electrons. The third-order valence-electron chi connectivity index (χ3n) is 3.56. The number of halogens is 1. The first-order valence-electron chi connectivity index (χ1n) is 10.5. The number of carbonyl (C=O) groups excluding carboxylic acids is 1. The predicted octanol–water partition coefficient (Wildman–Crippen LogP) is 2.45. The minimum Gasteiger partial charge on any atom is -0.463 e. The molecule has 0 radical (unpaired) electrons. The highest BCUT2D eigenvalue weighted by atomic mass is 35.5. The predicted molar refractivity (Wildman–Crippen MR) is 111 cm³/mol. The molecule has 8 nitrogen and oxygen atoms in total. The lowest BCUT2D eigenvalue weighted by Gasteiger charge is -2.08. The van der Waals surface area contributed by atoms with E-state index in [4.69, 9.17) is 44.8 Å². The minimum absolute atomic E-state index is 0.153. The average Bonchev–Trinajstić information content (AvgIpc) is 2.72. The molecule has 0 atom stereocenters. The maximum Gasteiger partial charge on any atom is 0.305 e. The van der Waals surface area contributed by atoms with Crippen LogP contribution in [0.25, 0.3) is 0 Å². The molecule has 0 fully saturated rings. The molecule has 0 amide bonds. The van der Waals surface area contributed by atoms with Crippen LogP contribution in [0.5, 0.6) is 0 Å². The SMILES string of the molecule is CCCCCC(=O)OCCOCCOCCOCCOCCOCCOCCCl. The van der Waals surface area contributed by atoms with Gasteiger partial charge in [-0.2, -0.15) is 0 Å². The Morgan fingerprint density at radius 3 is 1.34 bits per heavy atom. The number of esters is 1. The van der Waals surface area contributed by atoms with Crippen molar-refractivity contribution in [1.29, 1.82) is 0 Å². The van der Waals surface area contributed by atoms with E-state index < -0.39 is 0 Å². The van der Waals surface area contributed by atoms with Crippen LogP contribution in [0.1, 0.15) is 32.6 Å². The van der Waals surface area contributed by atoms with Crippen LogP contribution in [0, 0.1) is 0 Å². The summed E-state index contributed by atoms with van der Waals surface area (Å²) in [6.45, 7) is 8.48. The zero-order chi connectivity index (χ0) is 21.3. The smallest absolute Gasteiger partial charge is 0.305 e. The van der Waals surface area contributed by atoms with Crippen LogP contribution in [0.15, 0.2) is 0 Å². The molecule has 0 aliphatic carbocycles. The Kier molecular flexibility index (Phi) is 25.1. The Balaban J connectivity index is 3.06. The van der Waals surface area contributed by atoms with E-state index in [9.17, 15) is 4.79 Å². The second-order valence-electron chi connectivity index (χ2n) is 6.04. The van der Waals surface area contributed by atoms with Crippen LogP contribution in [0.2, 0.25) is 0 Å². The Labute approximate surface area is 180 Å². The quantitative estimate of drug-likeness (QED) is 0.128. The molecule has 9 heteroatoms. The number of rotatable bonds is 24. The molecule has 0 N–H and O–H groups in total. The van der Waals surface area contributed by atoms with E-state index in [1.54, 1.807) is 0 Å². The zero-order valence-corrected chi connectivity index (χ0v) is 18.6. The second kappa shape index (κ2) is 25.6. The standard InChI is InChI=1S/C20H39ClO8/c1-2-3-4-5-20(22)29-19-18-28-17-16-27-15-14-26-13-12-25-11-10-24-9-8-23-7-6-21/h2-19H2,1H3. The molecule has 0 aromatic rings. The number of hydrogen-bond acceptors (Lipinski definition) is 8. The summed E-state index contributed by atoms with van der Waals surface area (Å²) >= 11 is 5.48. The van der Waals surface area contributed by atoms with E-state index in [2.05, 4.69) is 6.92 Å². The van der Waals surface area contributed by atoms with Gasteiger partial charge in [-0.15, -0.1) is 11.6 Å². The largest absolute Gasteiger partial charge is 0.463 e. The fourth-order valence-electron chi connectivity index (χ4n) is 2.06. The van der Waals surface area contributed by atoms with E-state index in [0.717, 1.165) is 19.3 Å².